The SMILES string of the molecule is Cc1c(N)nc(C2CC2)nc1NC1CCCCC1. The van der Waals surface area contributed by atoms with Gasteiger partial charge in [-0.15, -0.1) is 0 Å². The lowest BCUT2D eigenvalue weighted by Crippen LogP contribution is -2.24. The second-order valence-electron chi connectivity index (χ2n) is 5.69. The van der Waals surface area contributed by atoms with Gasteiger partial charge in [0.2, 0.25) is 0 Å². The number of nitrogens with one attached hydrogen (secondary N) is 1. The van der Waals surface area contributed by atoms with Crippen LogP contribution >= 0.6 is 0 Å². The highest BCUT2D eigenvalue weighted by Crippen LogP contribution is 2.39. The van der Waals surface area contributed by atoms with E-state index in [4.69, 9.17) is 5.73 Å². The Morgan fingerprint density at radius 2 is 1.78 bits per heavy atom. The van der Waals surface area contributed by atoms with Crippen LogP contribution in [0.2, 0.25) is 0 Å². The fourth-order valence-electron chi connectivity index (χ4n) is 2.66. The van der Waals surface area contributed by atoms with Crippen molar-refractivity contribution in [2.75, 3.05) is 11.1 Å². The minimum atomic E-state index is 0.555. The maximum Gasteiger partial charge on any atom is 0.136 e. The molecule has 0 bridgehead atoms. The van der Waals surface area contributed by atoms with Gasteiger partial charge in [-0.2, -0.15) is 0 Å². The predicted molar refractivity (Wildman–Crippen MR) is 73.7 cm³/mol. The summed E-state index contributed by atoms with van der Waals surface area (Å²) >= 11 is 0. The first kappa shape index (κ1) is 11.8. The lowest BCUT2D eigenvalue weighted by Gasteiger charge is -2.24. The molecule has 2 aliphatic rings. The van der Waals surface area contributed by atoms with E-state index in [9.17, 15) is 0 Å². The maximum atomic E-state index is 6.00. The fraction of sp³-hybridized carbons (Fsp3) is 0.714. The zero-order valence-corrected chi connectivity index (χ0v) is 11.1. The molecule has 3 N–H and O–H groups in total. The number of nitrogens with two attached hydrogens (primary N) is 1. The molecule has 0 aromatic carbocycles. The van der Waals surface area contributed by atoms with Crippen LogP contribution in [-0.4, -0.2) is 16.0 Å². The second kappa shape index (κ2) is 4.75. The lowest BCUT2D eigenvalue weighted by molar-refractivity contribution is 0.461. The van der Waals surface area contributed by atoms with Crippen LogP contribution in [0.4, 0.5) is 11.6 Å². The molecule has 0 unspecified atom stereocenters. The van der Waals surface area contributed by atoms with Crippen molar-refractivity contribution in [1.29, 1.82) is 0 Å². The molecule has 0 saturated heterocycles. The molecule has 1 aromatic heterocycles. The van der Waals surface area contributed by atoms with Crippen LogP contribution in [-0.2, 0) is 0 Å². The van der Waals surface area contributed by atoms with Crippen molar-refractivity contribution < 1.29 is 0 Å². The summed E-state index contributed by atoms with van der Waals surface area (Å²) in [4.78, 5) is 9.10. The molecule has 4 nitrogen and oxygen atoms in total. The van der Waals surface area contributed by atoms with Gasteiger partial charge in [-0.25, -0.2) is 9.97 Å². The molecule has 0 radical (unpaired) electrons. The standard InChI is InChI=1S/C14H22N4/c1-9-12(15)17-14(10-7-8-10)18-13(9)16-11-5-3-2-4-6-11/h10-11H,2-8H2,1H3,(H3,15,16,17,18). The van der Waals surface area contributed by atoms with Crippen LogP contribution in [0.1, 0.15) is 62.3 Å². The molecule has 0 aliphatic heterocycles. The molecule has 2 fully saturated rings. The van der Waals surface area contributed by atoms with E-state index in [1.807, 2.05) is 6.92 Å². The summed E-state index contributed by atoms with van der Waals surface area (Å²) in [6.07, 6.45) is 8.96. The summed E-state index contributed by atoms with van der Waals surface area (Å²) in [5.41, 5.74) is 7.01. The largest absolute Gasteiger partial charge is 0.383 e. The molecule has 0 spiro atoms. The Morgan fingerprint density at radius 1 is 1.06 bits per heavy atom. The van der Waals surface area contributed by atoms with Crippen molar-refractivity contribution in [1.82, 2.24) is 9.97 Å². The van der Waals surface area contributed by atoms with Gasteiger partial charge >= 0.3 is 0 Å². The normalized spacial score (nSPS) is 20.9. The van der Waals surface area contributed by atoms with Gasteiger partial charge in [0.25, 0.3) is 0 Å². The molecule has 0 atom stereocenters. The van der Waals surface area contributed by atoms with Gasteiger partial charge in [-0.3, -0.25) is 0 Å². The number of hydrogen-bond acceptors (Lipinski definition) is 4. The van der Waals surface area contributed by atoms with Crippen LogP contribution in [0.5, 0.6) is 0 Å². The second-order valence-corrected chi connectivity index (χ2v) is 5.69. The Balaban J connectivity index is 1.80. The topological polar surface area (TPSA) is 63.8 Å². The van der Waals surface area contributed by atoms with E-state index in [1.165, 1.54) is 44.9 Å². The number of rotatable bonds is 3. The Bertz CT molecular complexity index is 434. The fourth-order valence-corrected chi connectivity index (χ4v) is 2.66. The van der Waals surface area contributed by atoms with Gasteiger partial charge in [0.15, 0.2) is 0 Å². The van der Waals surface area contributed by atoms with E-state index in [0.717, 1.165) is 17.2 Å². The van der Waals surface area contributed by atoms with Crippen molar-refractivity contribution in [3.05, 3.63) is 11.4 Å². The molecule has 1 heterocycles. The summed E-state index contributed by atoms with van der Waals surface area (Å²) < 4.78 is 0. The van der Waals surface area contributed by atoms with E-state index < -0.39 is 0 Å². The first-order chi connectivity index (χ1) is 8.74. The number of nitrogen functional groups attached to an aromatic ring is 1. The monoisotopic (exact) mass is 246 g/mol. The van der Waals surface area contributed by atoms with Gasteiger partial charge in [0, 0.05) is 17.5 Å². The average Bonchev–Trinajstić information content (AvgIpc) is 3.20. The number of nitrogens with zero attached hydrogens (tertiary/aromatic N) is 2. The van der Waals surface area contributed by atoms with Crippen LogP contribution in [0.25, 0.3) is 0 Å². The third-order valence-corrected chi connectivity index (χ3v) is 4.09. The number of anilines is 2. The average molecular weight is 246 g/mol. The molecule has 0 amide bonds. The molecular weight excluding hydrogens is 224 g/mol. The van der Waals surface area contributed by atoms with Gasteiger partial charge in [0.05, 0.1) is 0 Å². The Hall–Kier alpha value is -1.32. The summed E-state index contributed by atoms with van der Waals surface area (Å²) in [5.74, 6) is 3.11. The summed E-state index contributed by atoms with van der Waals surface area (Å²) in [6, 6.07) is 0.568. The predicted octanol–water partition coefficient (Wildman–Crippen LogP) is 2.99. The minimum Gasteiger partial charge on any atom is -0.383 e. The van der Waals surface area contributed by atoms with Gasteiger partial charge in [0.1, 0.15) is 17.5 Å². The summed E-state index contributed by atoms with van der Waals surface area (Å²) in [5, 5.41) is 3.58. The van der Waals surface area contributed by atoms with Crippen molar-refractivity contribution in [2.24, 2.45) is 0 Å². The molecule has 18 heavy (non-hydrogen) atoms. The highest BCUT2D eigenvalue weighted by Gasteiger charge is 2.28. The van der Waals surface area contributed by atoms with Crippen molar-refractivity contribution in [2.45, 2.75) is 63.8 Å². The Labute approximate surface area is 108 Å². The van der Waals surface area contributed by atoms with Gasteiger partial charge < -0.3 is 11.1 Å². The maximum absolute atomic E-state index is 6.00. The van der Waals surface area contributed by atoms with Crippen LogP contribution in [0.3, 0.4) is 0 Å². The van der Waals surface area contributed by atoms with Crippen molar-refractivity contribution >= 4 is 11.6 Å². The molecule has 2 saturated carbocycles. The van der Waals surface area contributed by atoms with Crippen molar-refractivity contribution in [3.8, 4) is 0 Å². The molecule has 4 heteroatoms. The smallest absolute Gasteiger partial charge is 0.136 e. The lowest BCUT2D eigenvalue weighted by atomic mass is 9.95. The third-order valence-electron chi connectivity index (χ3n) is 4.09. The summed E-state index contributed by atoms with van der Waals surface area (Å²) in [6.45, 7) is 2.01. The Morgan fingerprint density at radius 3 is 2.44 bits per heavy atom. The van der Waals surface area contributed by atoms with E-state index >= 15 is 0 Å². The Kier molecular flexibility index (Phi) is 3.10. The minimum absolute atomic E-state index is 0.555. The molecular formula is C14H22N4. The molecule has 3 rings (SSSR count). The van der Waals surface area contributed by atoms with E-state index in [2.05, 4.69) is 15.3 Å². The summed E-state index contributed by atoms with van der Waals surface area (Å²) in [7, 11) is 0. The highest BCUT2D eigenvalue weighted by atomic mass is 15.1. The molecule has 2 aliphatic carbocycles. The zero-order chi connectivity index (χ0) is 12.5. The van der Waals surface area contributed by atoms with E-state index in [0.29, 0.717) is 17.8 Å². The molecule has 98 valence electrons. The van der Waals surface area contributed by atoms with Gasteiger partial charge in [-0.1, -0.05) is 19.3 Å². The van der Waals surface area contributed by atoms with Crippen molar-refractivity contribution in [3.63, 3.8) is 0 Å². The van der Waals surface area contributed by atoms with Crippen LogP contribution in [0, 0.1) is 6.92 Å². The highest BCUT2D eigenvalue weighted by molar-refractivity contribution is 5.55. The van der Waals surface area contributed by atoms with Crippen LogP contribution in [0.15, 0.2) is 0 Å². The number of hydrogen-bond donors (Lipinski definition) is 2. The first-order valence-corrected chi connectivity index (χ1v) is 7.14. The molecule has 1 aromatic rings. The zero-order valence-electron chi connectivity index (χ0n) is 11.1. The van der Waals surface area contributed by atoms with Crippen LogP contribution < -0.4 is 11.1 Å². The first-order valence-electron chi connectivity index (χ1n) is 7.14. The third kappa shape index (κ3) is 2.42. The number of aromatic nitrogens is 2. The van der Waals surface area contributed by atoms with E-state index in [1.54, 1.807) is 0 Å². The quantitative estimate of drug-likeness (QED) is 0.860. The van der Waals surface area contributed by atoms with E-state index in [-0.39, 0.29) is 0 Å². The van der Waals surface area contributed by atoms with Gasteiger partial charge in [-0.05, 0) is 32.6 Å².